The fourth-order valence-electron chi connectivity index (χ4n) is 3.18. The second-order valence-corrected chi connectivity index (χ2v) is 6.29. The van der Waals surface area contributed by atoms with Crippen molar-refractivity contribution in [3.63, 3.8) is 0 Å². The van der Waals surface area contributed by atoms with Gasteiger partial charge in [0.15, 0.2) is 5.78 Å². The first-order chi connectivity index (χ1) is 12.1. The third kappa shape index (κ3) is 3.69. The molecule has 7 nitrogen and oxygen atoms in total. The SMILES string of the molecule is CC(=O)c1cnn(CN2CCCN(c3ncccc3C#N)CC2)c1C. The fourth-order valence-corrected chi connectivity index (χ4v) is 3.18. The summed E-state index contributed by atoms with van der Waals surface area (Å²) in [4.78, 5) is 20.5. The summed E-state index contributed by atoms with van der Waals surface area (Å²) in [5, 5.41) is 13.6. The van der Waals surface area contributed by atoms with Gasteiger partial charge in [0.25, 0.3) is 0 Å². The molecule has 2 aromatic rings. The summed E-state index contributed by atoms with van der Waals surface area (Å²) < 4.78 is 1.88. The second kappa shape index (κ2) is 7.45. The minimum absolute atomic E-state index is 0.0463. The Morgan fingerprint density at radius 3 is 2.88 bits per heavy atom. The smallest absolute Gasteiger partial charge is 0.163 e. The lowest BCUT2D eigenvalue weighted by atomic mass is 10.2. The minimum atomic E-state index is 0.0463. The van der Waals surface area contributed by atoms with Crippen molar-refractivity contribution in [2.75, 3.05) is 31.1 Å². The van der Waals surface area contributed by atoms with Crippen molar-refractivity contribution in [3.8, 4) is 6.07 Å². The maximum Gasteiger partial charge on any atom is 0.163 e. The molecule has 1 aliphatic rings. The van der Waals surface area contributed by atoms with Gasteiger partial charge in [0, 0.05) is 38.1 Å². The van der Waals surface area contributed by atoms with Gasteiger partial charge in [-0.15, -0.1) is 0 Å². The standard InChI is InChI=1S/C18H22N6O/c1-14-17(15(2)25)12-21-24(14)13-22-7-4-8-23(10-9-22)18-16(11-19)5-3-6-20-18/h3,5-6,12H,4,7-10,13H2,1-2H3. The van der Waals surface area contributed by atoms with Gasteiger partial charge >= 0.3 is 0 Å². The molecule has 0 N–H and O–H groups in total. The largest absolute Gasteiger partial charge is 0.354 e. The van der Waals surface area contributed by atoms with E-state index in [1.165, 1.54) is 0 Å². The molecule has 3 heterocycles. The van der Waals surface area contributed by atoms with Gasteiger partial charge in [-0.1, -0.05) is 0 Å². The Kier molecular flexibility index (Phi) is 5.10. The summed E-state index contributed by atoms with van der Waals surface area (Å²) in [5.41, 5.74) is 2.21. The van der Waals surface area contributed by atoms with Crippen LogP contribution in [-0.4, -0.2) is 51.6 Å². The van der Waals surface area contributed by atoms with Crippen LogP contribution in [0.5, 0.6) is 0 Å². The van der Waals surface area contributed by atoms with E-state index in [1.54, 1.807) is 31.5 Å². The van der Waals surface area contributed by atoms with E-state index in [-0.39, 0.29) is 5.78 Å². The molecular formula is C18H22N6O. The van der Waals surface area contributed by atoms with Gasteiger partial charge in [0.1, 0.15) is 11.9 Å². The Bertz CT molecular complexity index is 806. The third-order valence-corrected chi connectivity index (χ3v) is 4.61. The van der Waals surface area contributed by atoms with Crippen LogP contribution in [0.3, 0.4) is 0 Å². The highest BCUT2D eigenvalue weighted by Gasteiger charge is 2.19. The lowest BCUT2D eigenvalue weighted by Crippen LogP contribution is -2.33. The van der Waals surface area contributed by atoms with E-state index in [2.05, 4.69) is 26.0 Å². The number of anilines is 1. The molecule has 0 aromatic carbocycles. The number of hydrogen-bond acceptors (Lipinski definition) is 6. The molecule has 0 aliphatic carbocycles. The van der Waals surface area contributed by atoms with E-state index < -0.39 is 0 Å². The molecule has 0 unspecified atom stereocenters. The minimum Gasteiger partial charge on any atom is -0.354 e. The van der Waals surface area contributed by atoms with Crippen LogP contribution >= 0.6 is 0 Å². The second-order valence-electron chi connectivity index (χ2n) is 6.29. The van der Waals surface area contributed by atoms with Crippen LogP contribution in [0.1, 0.15) is 35.0 Å². The Balaban J connectivity index is 1.68. The molecule has 2 aromatic heterocycles. The summed E-state index contributed by atoms with van der Waals surface area (Å²) in [6.07, 6.45) is 4.37. The highest BCUT2D eigenvalue weighted by molar-refractivity contribution is 5.94. The summed E-state index contributed by atoms with van der Waals surface area (Å²) in [6, 6.07) is 5.82. The van der Waals surface area contributed by atoms with Crippen LogP contribution in [-0.2, 0) is 6.67 Å². The molecule has 3 rings (SSSR count). The maximum absolute atomic E-state index is 11.6. The van der Waals surface area contributed by atoms with Gasteiger partial charge in [-0.05, 0) is 32.4 Å². The van der Waals surface area contributed by atoms with Crippen LogP contribution < -0.4 is 4.90 Å². The quantitative estimate of drug-likeness (QED) is 0.792. The molecule has 1 fully saturated rings. The Morgan fingerprint density at radius 2 is 2.16 bits per heavy atom. The number of carbonyl (C=O) groups is 1. The number of rotatable bonds is 4. The molecule has 0 spiro atoms. The van der Waals surface area contributed by atoms with Gasteiger partial charge in [-0.3, -0.25) is 14.4 Å². The Hall–Kier alpha value is -2.72. The summed E-state index contributed by atoms with van der Waals surface area (Å²) in [6.45, 7) is 7.65. The Labute approximate surface area is 147 Å². The highest BCUT2D eigenvalue weighted by Crippen LogP contribution is 2.18. The molecule has 130 valence electrons. The van der Waals surface area contributed by atoms with E-state index in [1.807, 2.05) is 11.6 Å². The third-order valence-electron chi connectivity index (χ3n) is 4.61. The van der Waals surface area contributed by atoms with Crippen LogP contribution in [0.15, 0.2) is 24.5 Å². The van der Waals surface area contributed by atoms with Gasteiger partial charge in [-0.2, -0.15) is 10.4 Å². The highest BCUT2D eigenvalue weighted by atomic mass is 16.1. The van der Waals surface area contributed by atoms with E-state index in [9.17, 15) is 10.1 Å². The molecular weight excluding hydrogens is 316 g/mol. The summed E-state index contributed by atoms with van der Waals surface area (Å²) >= 11 is 0. The van der Waals surface area contributed by atoms with Crippen molar-refractivity contribution in [2.24, 2.45) is 0 Å². The number of nitrogens with zero attached hydrogens (tertiary/aromatic N) is 6. The molecule has 1 saturated heterocycles. The zero-order valence-electron chi connectivity index (χ0n) is 14.6. The predicted octanol–water partition coefficient (Wildman–Crippen LogP) is 1.83. The number of pyridine rings is 1. The van der Waals surface area contributed by atoms with Crippen molar-refractivity contribution in [1.29, 1.82) is 5.26 Å². The molecule has 0 saturated carbocycles. The van der Waals surface area contributed by atoms with Crippen molar-refractivity contribution in [3.05, 3.63) is 41.3 Å². The predicted molar refractivity (Wildman–Crippen MR) is 94.3 cm³/mol. The average Bonchev–Trinajstić information content (AvgIpc) is 2.82. The topological polar surface area (TPSA) is 78.1 Å². The molecule has 0 radical (unpaired) electrons. The van der Waals surface area contributed by atoms with Gasteiger partial charge in [0.2, 0.25) is 0 Å². The summed E-state index contributed by atoms with van der Waals surface area (Å²) in [5.74, 6) is 0.811. The van der Waals surface area contributed by atoms with Gasteiger partial charge in [0.05, 0.1) is 24.0 Å². The van der Waals surface area contributed by atoms with Crippen LogP contribution in [0.4, 0.5) is 5.82 Å². The lowest BCUT2D eigenvalue weighted by Gasteiger charge is -2.23. The van der Waals surface area contributed by atoms with E-state index in [0.29, 0.717) is 17.8 Å². The first-order valence-electron chi connectivity index (χ1n) is 8.46. The van der Waals surface area contributed by atoms with Gasteiger partial charge < -0.3 is 4.90 Å². The first-order valence-corrected chi connectivity index (χ1v) is 8.46. The lowest BCUT2D eigenvalue weighted by molar-refractivity contribution is 0.101. The number of ketones is 1. The van der Waals surface area contributed by atoms with Crippen molar-refractivity contribution in [1.82, 2.24) is 19.7 Å². The fraction of sp³-hybridized carbons (Fsp3) is 0.444. The molecule has 0 atom stereocenters. The van der Waals surface area contributed by atoms with Gasteiger partial charge in [-0.25, -0.2) is 4.98 Å². The Morgan fingerprint density at radius 1 is 1.32 bits per heavy atom. The zero-order chi connectivity index (χ0) is 17.8. The maximum atomic E-state index is 11.6. The number of carbonyl (C=O) groups excluding carboxylic acids is 1. The number of nitriles is 1. The molecule has 1 aliphatic heterocycles. The van der Waals surface area contributed by atoms with Crippen molar-refractivity contribution < 1.29 is 4.79 Å². The number of aromatic nitrogens is 3. The van der Waals surface area contributed by atoms with Crippen molar-refractivity contribution >= 4 is 11.6 Å². The number of Topliss-reactive ketones (excluding diaryl/α,β-unsaturated/α-hetero) is 1. The van der Waals surface area contributed by atoms with E-state index >= 15 is 0 Å². The molecule has 25 heavy (non-hydrogen) atoms. The van der Waals surface area contributed by atoms with Crippen LogP contribution in [0, 0.1) is 18.3 Å². The summed E-state index contributed by atoms with van der Waals surface area (Å²) in [7, 11) is 0. The number of hydrogen-bond donors (Lipinski definition) is 0. The van der Waals surface area contributed by atoms with Crippen LogP contribution in [0.25, 0.3) is 0 Å². The van der Waals surface area contributed by atoms with E-state index in [4.69, 9.17) is 0 Å². The molecule has 0 bridgehead atoms. The first kappa shape index (κ1) is 17.1. The normalized spacial score (nSPS) is 15.6. The zero-order valence-corrected chi connectivity index (χ0v) is 14.6. The average molecular weight is 338 g/mol. The van der Waals surface area contributed by atoms with E-state index in [0.717, 1.165) is 44.1 Å². The van der Waals surface area contributed by atoms with Crippen molar-refractivity contribution in [2.45, 2.75) is 26.9 Å². The monoisotopic (exact) mass is 338 g/mol. The van der Waals surface area contributed by atoms with Crippen LogP contribution in [0.2, 0.25) is 0 Å². The molecule has 7 heteroatoms. The molecule has 0 amide bonds.